The largest absolute Gasteiger partial charge is 0.381 e. The van der Waals surface area contributed by atoms with Gasteiger partial charge in [-0.1, -0.05) is 0 Å². The maximum Gasteiger partial charge on any atom is 0.318 e. The monoisotopic (exact) mass is 295 g/mol. The van der Waals surface area contributed by atoms with E-state index in [9.17, 15) is 4.79 Å². The molecule has 0 radical (unpaired) electrons. The van der Waals surface area contributed by atoms with Gasteiger partial charge in [0.25, 0.3) is 0 Å². The highest BCUT2D eigenvalue weighted by atomic mass is 16.5. The molecule has 120 valence electrons. The molecule has 5 nitrogen and oxygen atoms in total. The molecule has 1 spiro atoms. The van der Waals surface area contributed by atoms with Gasteiger partial charge in [-0.05, 0) is 52.0 Å². The molecule has 0 bridgehead atoms. The van der Waals surface area contributed by atoms with Gasteiger partial charge in [-0.3, -0.25) is 0 Å². The van der Waals surface area contributed by atoms with Crippen molar-refractivity contribution in [2.24, 2.45) is 0 Å². The molecule has 0 aromatic heterocycles. The summed E-state index contributed by atoms with van der Waals surface area (Å²) < 4.78 is 5.40. The number of hydrogen-bond acceptors (Lipinski definition) is 3. The minimum absolute atomic E-state index is 0.135. The summed E-state index contributed by atoms with van der Waals surface area (Å²) in [7, 11) is 3.94. The Bertz CT molecular complexity index is 380. The minimum Gasteiger partial charge on any atom is -0.381 e. The van der Waals surface area contributed by atoms with Crippen molar-refractivity contribution in [3.8, 4) is 0 Å². The lowest BCUT2D eigenvalue weighted by atomic mass is 9.85. The smallest absolute Gasteiger partial charge is 0.318 e. The number of piperidine rings is 1. The van der Waals surface area contributed by atoms with E-state index in [0.717, 1.165) is 58.2 Å². The maximum absolute atomic E-state index is 12.7. The van der Waals surface area contributed by atoms with E-state index in [1.54, 1.807) is 7.11 Å². The Kier molecular flexibility index (Phi) is 4.41. The number of nitrogens with one attached hydrogen (secondary N) is 1. The molecular weight excluding hydrogens is 266 g/mol. The first-order valence-corrected chi connectivity index (χ1v) is 8.42. The Morgan fingerprint density at radius 3 is 2.62 bits per heavy atom. The van der Waals surface area contributed by atoms with Crippen LogP contribution in [0.4, 0.5) is 4.79 Å². The number of urea groups is 1. The van der Waals surface area contributed by atoms with Crippen LogP contribution in [0.2, 0.25) is 0 Å². The summed E-state index contributed by atoms with van der Waals surface area (Å²) in [6.45, 7) is 3.15. The van der Waals surface area contributed by atoms with Crippen LogP contribution in [0.15, 0.2) is 0 Å². The normalized spacial score (nSPS) is 32.8. The summed E-state index contributed by atoms with van der Waals surface area (Å²) >= 11 is 0. The van der Waals surface area contributed by atoms with Crippen molar-refractivity contribution in [3.63, 3.8) is 0 Å². The summed E-state index contributed by atoms with van der Waals surface area (Å²) in [5, 5.41) is 3.26. The standard InChI is InChI=1S/C16H29N3O2/c1-18-10-7-16(8-11-18)6-3-9-19(16)15(20)17-13-4-5-14(12-13)21-2/h13-14H,3-12H2,1-2H3,(H,17,20)/t13-,14-/m0/s1. The SMILES string of the molecule is CO[C@H]1CC[C@H](NC(=O)N2CCCC23CCN(C)CC3)C1. The summed E-state index contributed by atoms with van der Waals surface area (Å²) in [6.07, 6.45) is 8.00. The third-order valence-corrected chi connectivity index (χ3v) is 5.80. The van der Waals surface area contributed by atoms with Crippen molar-refractivity contribution < 1.29 is 9.53 Å². The fourth-order valence-electron chi connectivity index (χ4n) is 4.35. The number of likely N-dealkylation sites (tertiary alicyclic amines) is 2. The molecule has 3 rings (SSSR count). The highest BCUT2D eigenvalue weighted by Crippen LogP contribution is 2.38. The number of amides is 2. The molecule has 2 amide bonds. The molecule has 2 aliphatic heterocycles. The highest BCUT2D eigenvalue weighted by molar-refractivity contribution is 5.76. The molecule has 3 fully saturated rings. The van der Waals surface area contributed by atoms with E-state index in [4.69, 9.17) is 4.74 Å². The van der Waals surface area contributed by atoms with Crippen LogP contribution in [-0.4, -0.2) is 67.3 Å². The lowest BCUT2D eigenvalue weighted by Gasteiger charge is -2.44. The van der Waals surface area contributed by atoms with Crippen LogP contribution in [0.25, 0.3) is 0 Å². The Morgan fingerprint density at radius 2 is 1.95 bits per heavy atom. The Labute approximate surface area is 128 Å². The highest BCUT2D eigenvalue weighted by Gasteiger charge is 2.45. The topological polar surface area (TPSA) is 44.8 Å². The lowest BCUT2D eigenvalue weighted by Crippen LogP contribution is -2.57. The van der Waals surface area contributed by atoms with Gasteiger partial charge in [0.2, 0.25) is 0 Å². The molecule has 2 saturated heterocycles. The molecular formula is C16H29N3O2. The third kappa shape index (κ3) is 3.04. The minimum atomic E-state index is 0.135. The molecule has 21 heavy (non-hydrogen) atoms. The average Bonchev–Trinajstić information content (AvgIpc) is 3.09. The molecule has 3 aliphatic rings. The van der Waals surface area contributed by atoms with Crippen molar-refractivity contribution >= 4 is 6.03 Å². The second-order valence-electron chi connectivity index (χ2n) is 7.10. The van der Waals surface area contributed by atoms with E-state index in [1.165, 1.54) is 6.42 Å². The van der Waals surface area contributed by atoms with Gasteiger partial charge in [0.15, 0.2) is 0 Å². The molecule has 1 aliphatic carbocycles. The van der Waals surface area contributed by atoms with Crippen LogP contribution in [0, 0.1) is 0 Å². The van der Waals surface area contributed by atoms with Crippen molar-refractivity contribution in [1.29, 1.82) is 0 Å². The van der Waals surface area contributed by atoms with Crippen LogP contribution >= 0.6 is 0 Å². The molecule has 2 heterocycles. The van der Waals surface area contributed by atoms with Crippen molar-refractivity contribution in [1.82, 2.24) is 15.1 Å². The van der Waals surface area contributed by atoms with Gasteiger partial charge in [-0.15, -0.1) is 0 Å². The third-order valence-electron chi connectivity index (χ3n) is 5.80. The predicted molar refractivity (Wildman–Crippen MR) is 82.4 cm³/mol. The van der Waals surface area contributed by atoms with Crippen LogP contribution in [0.3, 0.4) is 0 Å². The van der Waals surface area contributed by atoms with E-state index in [0.29, 0.717) is 12.1 Å². The molecule has 5 heteroatoms. The molecule has 1 N–H and O–H groups in total. The summed E-state index contributed by atoms with van der Waals surface area (Å²) in [5.74, 6) is 0. The molecule has 0 aromatic carbocycles. The molecule has 2 atom stereocenters. The maximum atomic E-state index is 12.7. The van der Waals surface area contributed by atoms with Gasteiger partial charge in [-0.25, -0.2) is 4.79 Å². The average molecular weight is 295 g/mol. The molecule has 0 unspecified atom stereocenters. The van der Waals surface area contributed by atoms with Gasteiger partial charge in [0.05, 0.1) is 6.10 Å². The van der Waals surface area contributed by atoms with Crippen molar-refractivity contribution in [2.75, 3.05) is 33.8 Å². The lowest BCUT2D eigenvalue weighted by molar-refractivity contribution is 0.0806. The number of carbonyl (C=O) groups is 1. The zero-order valence-corrected chi connectivity index (χ0v) is 13.4. The Morgan fingerprint density at radius 1 is 1.19 bits per heavy atom. The number of methoxy groups -OCH3 is 1. The first-order chi connectivity index (χ1) is 10.1. The number of carbonyl (C=O) groups excluding carboxylic acids is 1. The van der Waals surface area contributed by atoms with Gasteiger partial charge in [0.1, 0.15) is 0 Å². The number of hydrogen-bond donors (Lipinski definition) is 1. The van der Waals surface area contributed by atoms with Crippen LogP contribution in [0.1, 0.15) is 44.9 Å². The van der Waals surface area contributed by atoms with E-state index >= 15 is 0 Å². The number of rotatable bonds is 2. The van der Waals surface area contributed by atoms with Gasteiger partial charge in [-0.2, -0.15) is 0 Å². The summed E-state index contributed by atoms with van der Waals surface area (Å²) in [5.41, 5.74) is 0.135. The predicted octanol–water partition coefficient (Wildman–Crippen LogP) is 1.82. The van der Waals surface area contributed by atoms with Gasteiger partial charge < -0.3 is 19.9 Å². The number of nitrogens with zero attached hydrogens (tertiary/aromatic N) is 2. The van der Waals surface area contributed by atoms with Gasteiger partial charge in [0, 0.05) is 38.3 Å². The van der Waals surface area contributed by atoms with Crippen LogP contribution < -0.4 is 5.32 Å². The second kappa shape index (κ2) is 6.13. The fraction of sp³-hybridized carbons (Fsp3) is 0.938. The summed E-state index contributed by atoms with van der Waals surface area (Å²) in [4.78, 5) is 17.2. The van der Waals surface area contributed by atoms with E-state index in [2.05, 4.69) is 22.2 Å². The van der Waals surface area contributed by atoms with Crippen LogP contribution in [-0.2, 0) is 4.74 Å². The molecule has 1 saturated carbocycles. The quantitative estimate of drug-likeness (QED) is 0.845. The van der Waals surface area contributed by atoms with Crippen molar-refractivity contribution in [2.45, 2.75) is 62.6 Å². The van der Waals surface area contributed by atoms with Crippen LogP contribution in [0.5, 0.6) is 0 Å². The van der Waals surface area contributed by atoms with E-state index < -0.39 is 0 Å². The second-order valence-corrected chi connectivity index (χ2v) is 7.10. The summed E-state index contributed by atoms with van der Waals surface area (Å²) in [6, 6.07) is 0.463. The number of ether oxygens (including phenoxy) is 1. The zero-order valence-electron chi connectivity index (χ0n) is 13.4. The Balaban J connectivity index is 1.59. The fourth-order valence-corrected chi connectivity index (χ4v) is 4.35. The van der Waals surface area contributed by atoms with Crippen molar-refractivity contribution in [3.05, 3.63) is 0 Å². The Hall–Kier alpha value is -0.810. The van der Waals surface area contributed by atoms with E-state index in [-0.39, 0.29) is 11.6 Å². The first-order valence-electron chi connectivity index (χ1n) is 8.42. The zero-order chi connectivity index (χ0) is 14.9. The molecule has 0 aromatic rings. The van der Waals surface area contributed by atoms with E-state index in [1.807, 2.05) is 0 Å². The van der Waals surface area contributed by atoms with Gasteiger partial charge >= 0.3 is 6.03 Å². The first kappa shape index (κ1) is 15.1.